The summed E-state index contributed by atoms with van der Waals surface area (Å²) in [6.45, 7) is 4.81. The number of rotatable bonds is 8. The van der Waals surface area contributed by atoms with Gasteiger partial charge in [-0.1, -0.05) is 0 Å². The highest BCUT2D eigenvalue weighted by atomic mass is 16.5. The van der Waals surface area contributed by atoms with Crippen LogP contribution >= 0.6 is 0 Å². The Hall–Kier alpha value is -1.66. The number of nitrogens with zero attached hydrogens (tertiary/aromatic N) is 3. The molecule has 0 radical (unpaired) electrons. The molecule has 2 aromatic heterocycles. The molecule has 0 aliphatic heterocycles. The molecule has 0 saturated carbocycles. The molecule has 6 nitrogen and oxygen atoms in total. The second-order valence-electron chi connectivity index (χ2n) is 4.73. The Balaban J connectivity index is 1.86. The molecule has 0 fully saturated rings. The van der Waals surface area contributed by atoms with Crippen LogP contribution in [0.4, 0.5) is 5.95 Å². The molecule has 6 heteroatoms. The molecular formula is C14H22N4O2. The zero-order valence-corrected chi connectivity index (χ0v) is 12.1. The Morgan fingerprint density at radius 1 is 1.15 bits per heavy atom. The number of nitrogen functional groups attached to an aromatic ring is 1. The van der Waals surface area contributed by atoms with Gasteiger partial charge >= 0.3 is 0 Å². The van der Waals surface area contributed by atoms with Crippen molar-refractivity contribution in [2.75, 3.05) is 32.7 Å². The van der Waals surface area contributed by atoms with Crippen molar-refractivity contribution in [2.24, 2.45) is 0 Å². The van der Waals surface area contributed by atoms with Gasteiger partial charge in [-0.3, -0.25) is 4.57 Å². The SMILES string of the molecule is COCCOCCCCn1c(N)nc2ccc(C)nc21. The summed E-state index contributed by atoms with van der Waals surface area (Å²) < 4.78 is 12.3. The normalized spacial score (nSPS) is 11.3. The molecule has 2 rings (SSSR count). The van der Waals surface area contributed by atoms with E-state index >= 15 is 0 Å². The summed E-state index contributed by atoms with van der Waals surface area (Å²) in [5.41, 5.74) is 8.64. The molecule has 0 aliphatic carbocycles. The third kappa shape index (κ3) is 3.68. The quantitative estimate of drug-likeness (QED) is 0.745. The number of unbranched alkanes of at least 4 members (excludes halogenated alkanes) is 1. The van der Waals surface area contributed by atoms with Gasteiger partial charge in [-0.05, 0) is 31.9 Å². The van der Waals surface area contributed by atoms with Crippen molar-refractivity contribution in [3.8, 4) is 0 Å². The van der Waals surface area contributed by atoms with Gasteiger partial charge in [0.15, 0.2) is 5.65 Å². The van der Waals surface area contributed by atoms with Crippen LogP contribution in [0.15, 0.2) is 12.1 Å². The first-order valence-electron chi connectivity index (χ1n) is 6.88. The molecule has 0 atom stereocenters. The molecule has 20 heavy (non-hydrogen) atoms. The molecule has 110 valence electrons. The summed E-state index contributed by atoms with van der Waals surface area (Å²) in [5, 5.41) is 0. The predicted molar refractivity (Wildman–Crippen MR) is 78.6 cm³/mol. The monoisotopic (exact) mass is 278 g/mol. The Bertz CT molecular complexity index is 553. The van der Waals surface area contributed by atoms with Gasteiger partial charge in [0.05, 0.1) is 13.2 Å². The summed E-state index contributed by atoms with van der Waals surface area (Å²) in [6, 6.07) is 3.90. The molecule has 2 N–H and O–H groups in total. The number of anilines is 1. The fourth-order valence-electron chi connectivity index (χ4n) is 2.05. The number of aromatic nitrogens is 3. The number of ether oxygens (including phenoxy) is 2. The Morgan fingerprint density at radius 2 is 2.00 bits per heavy atom. The second-order valence-corrected chi connectivity index (χ2v) is 4.73. The van der Waals surface area contributed by atoms with E-state index in [1.807, 2.05) is 23.6 Å². The fraction of sp³-hybridized carbons (Fsp3) is 0.571. The van der Waals surface area contributed by atoms with Gasteiger partial charge in [0.25, 0.3) is 0 Å². The topological polar surface area (TPSA) is 75.2 Å². The van der Waals surface area contributed by atoms with Gasteiger partial charge in [-0.2, -0.15) is 0 Å². The summed E-state index contributed by atoms with van der Waals surface area (Å²) in [6.07, 6.45) is 1.97. The van der Waals surface area contributed by atoms with Crippen molar-refractivity contribution >= 4 is 17.1 Å². The van der Waals surface area contributed by atoms with Gasteiger partial charge in [0.1, 0.15) is 5.52 Å². The van der Waals surface area contributed by atoms with E-state index in [0.29, 0.717) is 19.2 Å². The fourth-order valence-corrected chi connectivity index (χ4v) is 2.05. The summed E-state index contributed by atoms with van der Waals surface area (Å²) in [5.74, 6) is 0.526. The van der Waals surface area contributed by atoms with Gasteiger partial charge < -0.3 is 15.2 Å². The maximum atomic E-state index is 5.95. The van der Waals surface area contributed by atoms with E-state index in [2.05, 4.69) is 9.97 Å². The van der Waals surface area contributed by atoms with Crippen LogP contribution in [0.5, 0.6) is 0 Å². The average Bonchev–Trinajstić information content (AvgIpc) is 2.73. The van der Waals surface area contributed by atoms with E-state index in [1.165, 1.54) is 0 Å². The molecule has 0 aromatic carbocycles. The third-order valence-electron chi connectivity index (χ3n) is 3.11. The van der Waals surface area contributed by atoms with Gasteiger partial charge in [-0.25, -0.2) is 9.97 Å². The number of methoxy groups -OCH3 is 1. The van der Waals surface area contributed by atoms with Gasteiger partial charge in [0.2, 0.25) is 5.95 Å². The van der Waals surface area contributed by atoms with Crippen LogP contribution in [0, 0.1) is 6.92 Å². The van der Waals surface area contributed by atoms with Crippen LogP contribution < -0.4 is 5.73 Å². The number of aryl methyl sites for hydroxylation is 2. The number of hydrogen-bond donors (Lipinski definition) is 1. The second kappa shape index (κ2) is 7.21. The molecule has 0 aliphatic rings. The van der Waals surface area contributed by atoms with Crippen molar-refractivity contribution in [1.82, 2.24) is 14.5 Å². The Morgan fingerprint density at radius 3 is 2.80 bits per heavy atom. The lowest BCUT2D eigenvalue weighted by Gasteiger charge is -2.07. The first-order valence-corrected chi connectivity index (χ1v) is 6.88. The van der Waals surface area contributed by atoms with Crippen molar-refractivity contribution in [3.63, 3.8) is 0 Å². The first-order chi connectivity index (χ1) is 9.72. The standard InChI is InChI=1S/C14H22N4O2/c1-11-5-6-12-13(16-11)18(14(15)17-12)7-3-4-8-20-10-9-19-2/h5-6H,3-4,7-10H2,1-2H3,(H2,15,17). The summed E-state index contributed by atoms with van der Waals surface area (Å²) >= 11 is 0. The van der Waals surface area contributed by atoms with E-state index in [-0.39, 0.29) is 0 Å². The summed E-state index contributed by atoms with van der Waals surface area (Å²) in [4.78, 5) is 8.83. The molecule has 0 unspecified atom stereocenters. The van der Waals surface area contributed by atoms with E-state index in [0.717, 1.165) is 42.9 Å². The number of hydrogen-bond acceptors (Lipinski definition) is 5. The molecule has 2 aromatic rings. The van der Waals surface area contributed by atoms with Crippen LogP contribution in [0.25, 0.3) is 11.2 Å². The van der Waals surface area contributed by atoms with E-state index in [9.17, 15) is 0 Å². The molecule has 0 spiro atoms. The zero-order chi connectivity index (χ0) is 14.4. The number of fused-ring (bicyclic) bond motifs is 1. The first kappa shape index (κ1) is 14.7. The van der Waals surface area contributed by atoms with Crippen LogP contribution in [-0.4, -0.2) is 41.5 Å². The molecule has 0 saturated heterocycles. The Kier molecular flexibility index (Phi) is 5.31. The molecule has 2 heterocycles. The van der Waals surface area contributed by atoms with Crippen molar-refractivity contribution in [2.45, 2.75) is 26.3 Å². The zero-order valence-electron chi connectivity index (χ0n) is 12.1. The van der Waals surface area contributed by atoms with Crippen LogP contribution in [0.1, 0.15) is 18.5 Å². The van der Waals surface area contributed by atoms with Crippen LogP contribution in [0.2, 0.25) is 0 Å². The van der Waals surface area contributed by atoms with Crippen LogP contribution in [-0.2, 0) is 16.0 Å². The highest BCUT2D eigenvalue weighted by Crippen LogP contribution is 2.17. The molecule has 0 bridgehead atoms. The van der Waals surface area contributed by atoms with Gasteiger partial charge in [0, 0.05) is 26.0 Å². The highest BCUT2D eigenvalue weighted by Gasteiger charge is 2.08. The number of imidazole rings is 1. The largest absolute Gasteiger partial charge is 0.382 e. The number of nitrogens with two attached hydrogens (primary N) is 1. The molecular weight excluding hydrogens is 256 g/mol. The van der Waals surface area contributed by atoms with Crippen molar-refractivity contribution in [1.29, 1.82) is 0 Å². The van der Waals surface area contributed by atoms with E-state index < -0.39 is 0 Å². The maximum absolute atomic E-state index is 5.95. The lowest BCUT2D eigenvalue weighted by Crippen LogP contribution is -2.07. The van der Waals surface area contributed by atoms with Crippen LogP contribution in [0.3, 0.4) is 0 Å². The minimum Gasteiger partial charge on any atom is -0.382 e. The highest BCUT2D eigenvalue weighted by molar-refractivity contribution is 5.74. The number of pyridine rings is 1. The van der Waals surface area contributed by atoms with Crippen molar-refractivity contribution < 1.29 is 9.47 Å². The van der Waals surface area contributed by atoms with E-state index in [1.54, 1.807) is 7.11 Å². The lowest BCUT2D eigenvalue weighted by atomic mass is 10.3. The minimum atomic E-state index is 0.526. The Labute approximate surface area is 118 Å². The lowest BCUT2D eigenvalue weighted by molar-refractivity contribution is 0.0684. The third-order valence-corrected chi connectivity index (χ3v) is 3.11. The predicted octanol–water partition coefficient (Wildman–Crippen LogP) is 1.77. The van der Waals surface area contributed by atoms with E-state index in [4.69, 9.17) is 15.2 Å². The summed E-state index contributed by atoms with van der Waals surface area (Å²) in [7, 11) is 1.67. The smallest absolute Gasteiger partial charge is 0.202 e. The molecule has 0 amide bonds. The van der Waals surface area contributed by atoms with Gasteiger partial charge in [-0.15, -0.1) is 0 Å². The average molecular weight is 278 g/mol. The minimum absolute atomic E-state index is 0.526. The maximum Gasteiger partial charge on any atom is 0.202 e. The van der Waals surface area contributed by atoms with Crippen molar-refractivity contribution in [3.05, 3.63) is 17.8 Å².